The van der Waals surface area contributed by atoms with Crippen LogP contribution in [0.4, 0.5) is 0 Å². The zero-order chi connectivity index (χ0) is 22.6. The molecule has 8 heteroatoms. The number of hydrogen-bond donors (Lipinski definition) is 1. The Morgan fingerprint density at radius 1 is 1.03 bits per heavy atom. The molecule has 0 unspecified atom stereocenters. The summed E-state index contributed by atoms with van der Waals surface area (Å²) in [6.45, 7) is 3.06. The van der Waals surface area contributed by atoms with Gasteiger partial charge in [-0.3, -0.25) is 9.20 Å². The lowest BCUT2D eigenvalue weighted by Crippen LogP contribution is -2.23. The molecule has 0 aliphatic carbocycles. The molecule has 5 rings (SSSR count). The number of amides is 1. The lowest BCUT2D eigenvalue weighted by atomic mass is 10.1. The number of carbonyl (C=O) groups excluding carboxylic acids is 1. The molecular weight excluding hydrogens is 416 g/mol. The first-order valence-corrected chi connectivity index (χ1v) is 11.0. The van der Waals surface area contributed by atoms with Gasteiger partial charge in [0.05, 0.1) is 12.3 Å². The van der Waals surface area contributed by atoms with Crippen LogP contribution in [-0.2, 0) is 17.8 Å². The Hall–Kier alpha value is -4.20. The van der Waals surface area contributed by atoms with E-state index in [-0.39, 0.29) is 5.91 Å². The number of hydrogen-bond acceptors (Lipinski definition) is 5. The normalized spacial score (nSPS) is 11.2. The quantitative estimate of drug-likeness (QED) is 0.398. The van der Waals surface area contributed by atoms with Crippen molar-refractivity contribution in [2.75, 3.05) is 6.61 Å². The topological polar surface area (TPSA) is 85.8 Å². The lowest BCUT2D eigenvalue weighted by molar-refractivity contribution is -0.121. The minimum atomic E-state index is -0.0302. The van der Waals surface area contributed by atoms with Crippen molar-refractivity contribution in [1.29, 1.82) is 0 Å². The fourth-order valence-electron chi connectivity index (χ4n) is 3.76. The predicted octanol–water partition coefficient (Wildman–Crippen LogP) is 3.69. The maximum atomic E-state index is 12.4. The molecule has 0 saturated heterocycles. The molecule has 5 aromatic rings. The van der Waals surface area contributed by atoms with Crippen molar-refractivity contribution in [3.63, 3.8) is 0 Å². The van der Waals surface area contributed by atoms with Crippen molar-refractivity contribution in [2.45, 2.75) is 26.3 Å². The number of aromatic nitrogens is 5. The van der Waals surface area contributed by atoms with Crippen LogP contribution in [0.15, 0.2) is 73.1 Å². The maximum absolute atomic E-state index is 12.4. The summed E-state index contributed by atoms with van der Waals surface area (Å²) in [5.74, 6) is 1.54. The van der Waals surface area contributed by atoms with Gasteiger partial charge in [-0.25, -0.2) is 4.52 Å². The minimum absolute atomic E-state index is 0.0302. The van der Waals surface area contributed by atoms with Crippen LogP contribution in [0.1, 0.15) is 24.7 Å². The van der Waals surface area contributed by atoms with E-state index in [0.717, 1.165) is 39.6 Å². The number of ether oxygens (including phenoxy) is 1. The molecule has 0 radical (unpaired) electrons. The maximum Gasteiger partial charge on any atom is 0.220 e. The second-order valence-electron chi connectivity index (χ2n) is 7.69. The van der Waals surface area contributed by atoms with Gasteiger partial charge in [0.2, 0.25) is 5.91 Å². The number of rotatable bonds is 8. The molecule has 0 aliphatic heterocycles. The number of carbonyl (C=O) groups is 1. The summed E-state index contributed by atoms with van der Waals surface area (Å²) in [5, 5.41) is 16.3. The largest absolute Gasteiger partial charge is 0.494 e. The molecule has 1 N–H and O–H groups in total. The summed E-state index contributed by atoms with van der Waals surface area (Å²) in [5.41, 5.74) is 4.54. The summed E-state index contributed by atoms with van der Waals surface area (Å²) in [4.78, 5) is 12.4. The van der Waals surface area contributed by atoms with Crippen LogP contribution in [-0.4, -0.2) is 36.7 Å². The van der Waals surface area contributed by atoms with Crippen LogP contribution in [0, 0.1) is 0 Å². The second-order valence-corrected chi connectivity index (χ2v) is 7.69. The van der Waals surface area contributed by atoms with Gasteiger partial charge in [0.25, 0.3) is 0 Å². The molecule has 0 saturated carbocycles. The van der Waals surface area contributed by atoms with Crippen LogP contribution in [0.5, 0.6) is 5.75 Å². The van der Waals surface area contributed by atoms with Crippen molar-refractivity contribution in [1.82, 2.24) is 29.5 Å². The number of nitrogens with zero attached hydrogens (tertiary/aromatic N) is 5. The Kier molecular flexibility index (Phi) is 5.72. The van der Waals surface area contributed by atoms with Crippen molar-refractivity contribution < 1.29 is 9.53 Å². The Morgan fingerprint density at radius 2 is 1.85 bits per heavy atom. The van der Waals surface area contributed by atoms with Crippen molar-refractivity contribution in [3.05, 3.63) is 84.4 Å². The first kappa shape index (κ1) is 20.7. The monoisotopic (exact) mass is 440 g/mol. The predicted molar refractivity (Wildman–Crippen MR) is 125 cm³/mol. The Labute approximate surface area is 190 Å². The Balaban J connectivity index is 1.25. The fourth-order valence-corrected chi connectivity index (χ4v) is 3.76. The summed E-state index contributed by atoms with van der Waals surface area (Å²) in [6, 6.07) is 19.8. The average Bonchev–Trinajstić information content (AvgIpc) is 3.47. The van der Waals surface area contributed by atoms with Crippen LogP contribution in [0.25, 0.3) is 22.4 Å². The third-order valence-electron chi connectivity index (χ3n) is 5.46. The molecule has 33 heavy (non-hydrogen) atoms. The van der Waals surface area contributed by atoms with E-state index in [1.165, 1.54) is 0 Å². The summed E-state index contributed by atoms with van der Waals surface area (Å²) < 4.78 is 9.17. The number of benzene rings is 2. The molecule has 0 spiro atoms. The van der Waals surface area contributed by atoms with Crippen LogP contribution >= 0.6 is 0 Å². The minimum Gasteiger partial charge on any atom is -0.494 e. The molecule has 3 aromatic heterocycles. The van der Waals surface area contributed by atoms with Crippen LogP contribution in [0.2, 0.25) is 0 Å². The lowest BCUT2D eigenvalue weighted by Gasteiger charge is -2.07. The van der Waals surface area contributed by atoms with Gasteiger partial charge in [-0.1, -0.05) is 42.5 Å². The zero-order valence-electron chi connectivity index (χ0n) is 18.3. The molecule has 8 nitrogen and oxygen atoms in total. The van der Waals surface area contributed by atoms with Gasteiger partial charge >= 0.3 is 0 Å². The van der Waals surface area contributed by atoms with Crippen molar-refractivity contribution in [2.24, 2.45) is 0 Å². The summed E-state index contributed by atoms with van der Waals surface area (Å²) >= 11 is 0. The number of nitrogens with one attached hydrogen (secondary N) is 1. The molecule has 1 amide bonds. The molecule has 2 aromatic carbocycles. The highest BCUT2D eigenvalue weighted by Crippen LogP contribution is 2.22. The third-order valence-corrected chi connectivity index (χ3v) is 5.46. The number of aryl methyl sites for hydroxylation is 1. The highest BCUT2D eigenvalue weighted by atomic mass is 16.5. The van der Waals surface area contributed by atoms with Crippen LogP contribution in [0.3, 0.4) is 0 Å². The molecule has 0 aliphatic rings. The molecule has 0 fully saturated rings. The Bertz CT molecular complexity index is 1390. The van der Waals surface area contributed by atoms with Gasteiger partial charge in [-0.2, -0.15) is 5.10 Å². The van der Waals surface area contributed by atoms with Crippen molar-refractivity contribution >= 4 is 17.1 Å². The highest BCUT2D eigenvalue weighted by molar-refractivity contribution is 5.77. The number of fused-ring (bicyclic) bond motifs is 3. The van der Waals surface area contributed by atoms with Gasteiger partial charge in [0.15, 0.2) is 5.65 Å². The van der Waals surface area contributed by atoms with E-state index in [4.69, 9.17) is 4.74 Å². The smallest absolute Gasteiger partial charge is 0.220 e. The SMILES string of the molecule is CCOc1ccc(CNC(=O)CCc2nnc3c4cc(-c5ccccc5)nn4ccn23)cc1. The Morgan fingerprint density at radius 3 is 2.64 bits per heavy atom. The molecule has 0 bridgehead atoms. The van der Waals surface area contributed by atoms with E-state index in [1.807, 2.05) is 84.4 Å². The van der Waals surface area contributed by atoms with E-state index < -0.39 is 0 Å². The van der Waals surface area contributed by atoms with E-state index in [1.54, 1.807) is 4.52 Å². The van der Waals surface area contributed by atoms with Gasteiger partial charge in [0.1, 0.15) is 17.1 Å². The van der Waals surface area contributed by atoms with E-state index in [9.17, 15) is 4.79 Å². The van der Waals surface area contributed by atoms with Gasteiger partial charge < -0.3 is 10.1 Å². The fraction of sp³-hybridized carbons (Fsp3) is 0.200. The first-order chi connectivity index (χ1) is 16.2. The second kappa shape index (κ2) is 9.12. The van der Waals surface area contributed by atoms with E-state index in [2.05, 4.69) is 20.6 Å². The molecule has 0 atom stereocenters. The van der Waals surface area contributed by atoms with Gasteiger partial charge in [0, 0.05) is 37.3 Å². The van der Waals surface area contributed by atoms with Gasteiger partial charge in [-0.15, -0.1) is 10.2 Å². The molecule has 166 valence electrons. The van der Waals surface area contributed by atoms with E-state index in [0.29, 0.717) is 26.0 Å². The van der Waals surface area contributed by atoms with E-state index >= 15 is 0 Å². The standard InChI is InChI=1S/C25H24N6O2/c1-2-33-20-10-8-18(9-11-20)17-26-24(32)13-12-23-27-28-25-22-16-21(19-6-4-3-5-7-19)29-31(22)15-14-30(23)25/h3-11,14-16H,2,12-13,17H2,1H3,(H,26,32). The van der Waals surface area contributed by atoms with Gasteiger partial charge in [-0.05, 0) is 30.7 Å². The average molecular weight is 441 g/mol. The zero-order valence-corrected chi connectivity index (χ0v) is 18.3. The summed E-state index contributed by atoms with van der Waals surface area (Å²) in [6.07, 6.45) is 4.59. The third kappa shape index (κ3) is 4.41. The van der Waals surface area contributed by atoms with Crippen molar-refractivity contribution in [3.8, 4) is 17.0 Å². The molecular formula is C25H24N6O2. The first-order valence-electron chi connectivity index (χ1n) is 11.0. The summed E-state index contributed by atoms with van der Waals surface area (Å²) in [7, 11) is 0. The van der Waals surface area contributed by atoms with Crippen LogP contribution < -0.4 is 10.1 Å². The highest BCUT2D eigenvalue weighted by Gasteiger charge is 2.13. The molecule has 3 heterocycles.